The Hall–Kier alpha value is -2.26. The Morgan fingerprint density at radius 1 is 1.08 bits per heavy atom. The Labute approximate surface area is 149 Å². The molecular formula is C22H25N3. The third kappa shape index (κ3) is 3.42. The van der Waals surface area contributed by atoms with Crippen molar-refractivity contribution in [2.45, 2.75) is 45.7 Å². The largest absolute Gasteiger partial charge is 0.294 e. The second-order valence-corrected chi connectivity index (χ2v) is 8.07. The average Bonchev–Trinajstić information content (AvgIpc) is 2.59. The van der Waals surface area contributed by atoms with E-state index in [4.69, 9.17) is 4.98 Å². The average molecular weight is 331 g/mol. The first kappa shape index (κ1) is 16.2. The zero-order valence-corrected chi connectivity index (χ0v) is 15.3. The maximum absolute atomic E-state index is 4.83. The Balaban J connectivity index is 1.51. The van der Waals surface area contributed by atoms with Gasteiger partial charge in [0.25, 0.3) is 0 Å². The van der Waals surface area contributed by atoms with E-state index in [1.165, 1.54) is 22.4 Å². The van der Waals surface area contributed by atoms with Crippen LogP contribution in [-0.2, 0) is 24.9 Å². The van der Waals surface area contributed by atoms with E-state index in [9.17, 15) is 0 Å². The summed E-state index contributed by atoms with van der Waals surface area (Å²) in [7, 11) is 0. The summed E-state index contributed by atoms with van der Waals surface area (Å²) in [5.74, 6) is 0. The van der Waals surface area contributed by atoms with Crippen molar-refractivity contribution in [1.29, 1.82) is 0 Å². The summed E-state index contributed by atoms with van der Waals surface area (Å²) in [6.45, 7) is 9.81. The quantitative estimate of drug-likeness (QED) is 0.693. The van der Waals surface area contributed by atoms with Crippen molar-refractivity contribution in [2.24, 2.45) is 0 Å². The van der Waals surface area contributed by atoms with Crippen LogP contribution in [0.4, 0.5) is 0 Å². The van der Waals surface area contributed by atoms with E-state index in [1.807, 2.05) is 18.5 Å². The van der Waals surface area contributed by atoms with Gasteiger partial charge >= 0.3 is 0 Å². The van der Waals surface area contributed by atoms with Crippen molar-refractivity contribution in [1.82, 2.24) is 14.9 Å². The number of aromatic nitrogens is 2. The molecule has 0 saturated heterocycles. The fraction of sp³-hybridized carbons (Fsp3) is 0.364. The van der Waals surface area contributed by atoms with E-state index in [0.29, 0.717) is 0 Å². The van der Waals surface area contributed by atoms with Crippen molar-refractivity contribution in [2.75, 3.05) is 6.54 Å². The second-order valence-electron chi connectivity index (χ2n) is 8.07. The molecule has 0 saturated carbocycles. The van der Waals surface area contributed by atoms with Crippen molar-refractivity contribution < 1.29 is 0 Å². The van der Waals surface area contributed by atoms with Gasteiger partial charge in [0.2, 0.25) is 0 Å². The molecule has 0 amide bonds. The van der Waals surface area contributed by atoms with Gasteiger partial charge in [-0.15, -0.1) is 0 Å². The number of fused-ring (bicyclic) bond motifs is 2. The van der Waals surface area contributed by atoms with E-state index < -0.39 is 0 Å². The molecule has 0 N–H and O–H groups in total. The molecular weight excluding hydrogens is 306 g/mol. The van der Waals surface area contributed by atoms with Gasteiger partial charge in [-0.3, -0.25) is 14.9 Å². The summed E-state index contributed by atoms with van der Waals surface area (Å²) >= 11 is 0. The highest BCUT2D eigenvalue weighted by atomic mass is 15.1. The van der Waals surface area contributed by atoms with E-state index in [2.05, 4.69) is 61.0 Å². The van der Waals surface area contributed by atoms with Gasteiger partial charge in [-0.2, -0.15) is 0 Å². The third-order valence-corrected chi connectivity index (χ3v) is 5.07. The minimum atomic E-state index is 0.212. The molecule has 128 valence electrons. The van der Waals surface area contributed by atoms with Gasteiger partial charge in [-0.1, -0.05) is 45.0 Å². The molecule has 0 fully saturated rings. The zero-order valence-electron chi connectivity index (χ0n) is 15.3. The van der Waals surface area contributed by atoms with Gasteiger partial charge in [0.05, 0.1) is 5.52 Å². The second kappa shape index (κ2) is 6.23. The summed E-state index contributed by atoms with van der Waals surface area (Å²) in [6.07, 6.45) is 4.75. The number of benzene rings is 1. The van der Waals surface area contributed by atoms with Crippen LogP contribution in [0.3, 0.4) is 0 Å². The monoisotopic (exact) mass is 331 g/mol. The van der Waals surface area contributed by atoms with Crippen LogP contribution in [-0.4, -0.2) is 21.4 Å². The predicted molar refractivity (Wildman–Crippen MR) is 102 cm³/mol. The maximum atomic E-state index is 4.83. The van der Waals surface area contributed by atoms with Crippen molar-refractivity contribution in [3.8, 4) is 0 Å². The normalized spacial score (nSPS) is 15.3. The van der Waals surface area contributed by atoms with Gasteiger partial charge in [0.15, 0.2) is 0 Å². The number of rotatable bonds is 2. The van der Waals surface area contributed by atoms with Crippen LogP contribution in [0, 0.1) is 0 Å². The van der Waals surface area contributed by atoms with Crippen molar-refractivity contribution in [3.05, 3.63) is 71.2 Å². The summed E-state index contributed by atoms with van der Waals surface area (Å²) in [5, 5.41) is 1.14. The van der Waals surface area contributed by atoms with Crippen LogP contribution in [0.5, 0.6) is 0 Å². The lowest BCUT2D eigenvalue weighted by atomic mass is 9.86. The van der Waals surface area contributed by atoms with Crippen LogP contribution < -0.4 is 0 Å². The fourth-order valence-corrected chi connectivity index (χ4v) is 3.54. The molecule has 3 heteroatoms. The molecule has 0 aliphatic carbocycles. The Morgan fingerprint density at radius 3 is 2.64 bits per heavy atom. The summed E-state index contributed by atoms with van der Waals surface area (Å²) in [5.41, 5.74) is 6.63. The highest BCUT2D eigenvalue weighted by molar-refractivity contribution is 5.78. The molecule has 2 aromatic heterocycles. The maximum Gasteiger partial charge on any atom is 0.0736 e. The molecule has 0 spiro atoms. The zero-order chi connectivity index (χ0) is 17.4. The van der Waals surface area contributed by atoms with Gasteiger partial charge in [0.1, 0.15) is 0 Å². The van der Waals surface area contributed by atoms with Crippen LogP contribution in [0.15, 0.2) is 48.8 Å². The molecule has 0 unspecified atom stereocenters. The van der Waals surface area contributed by atoms with E-state index >= 15 is 0 Å². The fourth-order valence-electron chi connectivity index (χ4n) is 3.54. The summed E-state index contributed by atoms with van der Waals surface area (Å²) < 4.78 is 0. The first-order chi connectivity index (χ1) is 12.0. The van der Waals surface area contributed by atoms with Crippen LogP contribution in [0.2, 0.25) is 0 Å². The third-order valence-electron chi connectivity index (χ3n) is 5.07. The standard InChI is InChI=1S/C22H25N3/c1-22(2,3)19-6-4-16(5-7-19)14-25-11-9-21-18(15-25)12-17-13-23-10-8-20(17)24-21/h4-8,10,12-13H,9,11,14-15H2,1-3H3. The number of nitrogens with zero attached hydrogens (tertiary/aromatic N) is 3. The Bertz CT molecular complexity index is 891. The van der Waals surface area contributed by atoms with Crippen LogP contribution in [0.1, 0.15) is 43.2 Å². The smallest absolute Gasteiger partial charge is 0.0736 e. The molecule has 3 aromatic rings. The first-order valence-corrected chi connectivity index (χ1v) is 9.03. The molecule has 3 nitrogen and oxygen atoms in total. The van der Waals surface area contributed by atoms with Crippen molar-refractivity contribution in [3.63, 3.8) is 0 Å². The lowest BCUT2D eigenvalue weighted by Crippen LogP contribution is -2.30. The van der Waals surface area contributed by atoms with E-state index in [-0.39, 0.29) is 5.41 Å². The minimum absolute atomic E-state index is 0.212. The summed E-state index contributed by atoms with van der Waals surface area (Å²) in [4.78, 5) is 11.6. The molecule has 1 aliphatic rings. The highest BCUT2D eigenvalue weighted by Crippen LogP contribution is 2.25. The number of hydrogen-bond donors (Lipinski definition) is 0. The van der Waals surface area contributed by atoms with Gasteiger partial charge in [-0.25, -0.2) is 0 Å². The van der Waals surface area contributed by atoms with E-state index in [1.54, 1.807) is 0 Å². The Kier molecular flexibility index (Phi) is 4.04. The predicted octanol–water partition coefficient (Wildman–Crippen LogP) is 4.49. The first-order valence-electron chi connectivity index (χ1n) is 9.03. The molecule has 1 aliphatic heterocycles. The summed E-state index contributed by atoms with van der Waals surface area (Å²) in [6, 6.07) is 13.4. The number of pyridine rings is 2. The van der Waals surface area contributed by atoms with Crippen LogP contribution >= 0.6 is 0 Å². The molecule has 3 heterocycles. The SMILES string of the molecule is CC(C)(C)c1ccc(CN2CCc3nc4ccncc4cc3C2)cc1. The lowest BCUT2D eigenvalue weighted by molar-refractivity contribution is 0.244. The molecule has 25 heavy (non-hydrogen) atoms. The lowest BCUT2D eigenvalue weighted by Gasteiger charge is -2.28. The van der Waals surface area contributed by atoms with Crippen molar-refractivity contribution >= 4 is 10.9 Å². The molecule has 0 atom stereocenters. The molecule has 0 radical (unpaired) electrons. The van der Waals surface area contributed by atoms with Gasteiger partial charge in [-0.05, 0) is 34.2 Å². The number of hydrogen-bond acceptors (Lipinski definition) is 3. The van der Waals surface area contributed by atoms with Crippen LogP contribution in [0.25, 0.3) is 10.9 Å². The van der Waals surface area contributed by atoms with E-state index in [0.717, 1.165) is 37.0 Å². The highest BCUT2D eigenvalue weighted by Gasteiger charge is 2.19. The molecule has 0 bridgehead atoms. The van der Waals surface area contributed by atoms with Gasteiger partial charge in [0, 0.05) is 49.5 Å². The minimum Gasteiger partial charge on any atom is -0.294 e. The topological polar surface area (TPSA) is 29.0 Å². The van der Waals surface area contributed by atoms with Gasteiger partial charge < -0.3 is 0 Å². The Morgan fingerprint density at radius 2 is 1.88 bits per heavy atom. The molecule has 1 aromatic carbocycles. The molecule has 4 rings (SSSR count).